The average Bonchev–Trinajstić information content (AvgIpc) is 2.60. The number of amides is 3. The van der Waals surface area contributed by atoms with Crippen molar-refractivity contribution in [2.75, 3.05) is 36.5 Å². The maximum Gasteiger partial charge on any atom is 0.401 e. The van der Waals surface area contributed by atoms with Gasteiger partial charge in [-0.1, -0.05) is 6.42 Å². The van der Waals surface area contributed by atoms with E-state index in [0.717, 1.165) is 11.3 Å². The fourth-order valence-corrected chi connectivity index (χ4v) is 3.53. The first kappa shape index (κ1) is 22.0. The Morgan fingerprint density at radius 3 is 2.43 bits per heavy atom. The van der Waals surface area contributed by atoms with Crippen LogP contribution in [0.3, 0.4) is 0 Å². The standard InChI is InChI=1S/C19H23F3N4O4/c20-19(21,22)11-26(13-2-1-3-13)16(17(23)28)18(29)24-12-4-6-14(7-5-12)25-8-9-30-10-15(25)27/h4-7,13,16H,1-3,8-11H2,(H2,23,28)(H,24,29)/t16-/m0/s1. The fourth-order valence-electron chi connectivity index (χ4n) is 3.53. The second-order valence-electron chi connectivity index (χ2n) is 7.31. The molecule has 0 aromatic heterocycles. The third-order valence-corrected chi connectivity index (χ3v) is 5.19. The third-order valence-electron chi connectivity index (χ3n) is 5.19. The quantitative estimate of drug-likeness (QED) is 0.637. The topological polar surface area (TPSA) is 105 Å². The first-order valence-corrected chi connectivity index (χ1v) is 9.56. The van der Waals surface area contributed by atoms with Gasteiger partial charge in [0.2, 0.25) is 5.91 Å². The molecule has 0 unspecified atom stereocenters. The monoisotopic (exact) mass is 428 g/mol. The molecule has 1 aromatic carbocycles. The molecule has 30 heavy (non-hydrogen) atoms. The second kappa shape index (κ2) is 9.00. The lowest BCUT2D eigenvalue weighted by Crippen LogP contribution is -2.59. The summed E-state index contributed by atoms with van der Waals surface area (Å²) in [6.45, 7) is -0.617. The van der Waals surface area contributed by atoms with Crippen molar-refractivity contribution in [3.63, 3.8) is 0 Å². The molecule has 1 saturated carbocycles. The van der Waals surface area contributed by atoms with Crippen LogP contribution in [0.15, 0.2) is 24.3 Å². The van der Waals surface area contributed by atoms with Gasteiger partial charge in [-0.3, -0.25) is 19.3 Å². The molecule has 3 N–H and O–H groups in total. The first-order valence-electron chi connectivity index (χ1n) is 9.56. The summed E-state index contributed by atoms with van der Waals surface area (Å²) in [5.41, 5.74) is 6.17. The number of anilines is 2. The molecule has 2 fully saturated rings. The van der Waals surface area contributed by atoms with Crippen molar-refractivity contribution in [1.82, 2.24) is 4.90 Å². The Hall–Kier alpha value is -2.66. The van der Waals surface area contributed by atoms with E-state index in [0.29, 0.717) is 31.7 Å². The molecule has 1 saturated heterocycles. The number of hydrogen-bond acceptors (Lipinski definition) is 5. The number of alkyl halides is 3. The minimum Gasteiger partial charge on any atom is -0.370 e. The SMILES string of the molecule is NC(=O)[C@@H](C(=O)Nc1ccc(N2CCOCC2=O)cc1)N(CC(F)(F)F)C1CCC1. The molecular formula is C19H23F3N4O4. The molecule has 0 spiro atoms. The van der Waals surface area contributed by atoms with Gasteiger partial charge in [0.1, 0.15) is 6.61 Å². The summed E-state index contributed by atoms with van der Waals surface area (Å²) >= 11 is 0. The summed E-state index contributed by atoms with van der Waals surface area (Å²) in [4.78, 5) is 38.8. The van der Waals surface area contributed by atoms with E-state index in [1.807, 2.05) is 0 Å². The highest BCUT2D eigenvalue weighted by Crippen LogP contribution is 2.30. The van der Waals surface area contributed by atoms with Gasteiger partial charge in [-0.15, -0.1) is 0 Å². The van der Waals surface area contributed by atoms with E-state index in [1.54, 1.807) is 12.1 Å². The number of carbonyl (C=O) groups excluding carboxylic acids is 3. The number of nitrogens with two attached hydrogens (primary N) is 1. The lowest BCUT2D eigenvalue weighted by Gasteiger charge is -2.40. The van der Waals surface area contributed by atoms with Crippen molar-refractivity contribution in [3.05, 3.63) is 24.3 Å². The van der Waals surface area contributed by atoms with Crippen molar-refractivity contribution in [2.45, 2.75) is 37.5 Å². The molecule has 1 heterocycles. The van der Waals surface area contributed by atoms with Gasteiger partial charge in [0.05, 0.1) is 13.2 Å². The number of primary amides is 1. The zero-order valence-electron chi connectivity index (χ0n) is 16.2. The lowest BCUT2D eigenvalue weighted by atomic mass is 9.90. The summed E-state index contributed by atoms with van der Waals surface area (Å²) in [6, 6.07) is 3.94. The van der Waals surface area contributed by atoms with E-state index in [1.165, 1.54) is 17.0 Å². The number of morpholine rings is 1. The molecule has 1 atom stereocenters. The Morgan fingerprint density at radius 1 is 1.27 bits per heavy atom. The van der Waals surface area contributed by atoms with Crippen LogP contribution < -0.4 is 16.0 Å². The van der Waals surface area contributed by atoms with E-state index in [9.17, 15) is 27.6 Å². The largest absolute Gasteiger partial charge is 0.401 e. The van der Waals surface area contributed by atoms with Crippen molar-refractivity contribution >= 4 is 29.1 Å². The molecule has 3 amide bonds. The number of nitrogens with zero attached hydrogens (tertiary/aromatic N) is 2. The molecule has 1 aliphatic carbocycles. The third kappa shape index (κ3) is 5.28. The Labute approximate surface area is 171 Å². The van der Waals surface area contributed by atoms with Crippen molar-refractivity contribution < 1.29 is 32.3 Å². The van der Waals surface area contributed by atoms with Crippen LogP contribution in [0.2, 0.25) is 0 Å². The second-order valence-corrected chi connectivity index (χ2v) is 7.31. The predicted octanol–water partition coefficient (Wildman–Crippen LogP) is 1.26. The molecule has 0 radical (unpaired) electrons. The highest BCUT2D eigenvalue weighted by atomic mass is 19.4. The summed E-state index contributed by atoms with van der Waals surface area (Å²) in [5.74, 6) is -2.26. The average molecular weight is 428 g/mol. The van der Waals surface area contributed by atoms with Crippen molar-refractivity contribution in [2.24, 2.45) is 5.73 Å². The predicted molar refractivity (Wildman–Crippen MR) is 102 cm³/mol. The van der Waals surface area contributed by atoms with Gasteiger partial charge in [0.25, 0.3) is 11.8 Å². The molecule has 1 aromatic rings. The highest BCUT2D eigenvalue weighted by molar-refractivity contribution is 6.09. The minimum atomic E-state index is -4.57. The molecule has 3 rings (SSSR count). The van der Waals surface area contributed by atoms with Crippen LogP contribution in [-0.4, -0.2) is 67.2 Å². The Morgan fingerprint density at radius 2 is 1.93 bits per heavy atom. The Kier molecular flexibility index (Phi) is 6.61. The first-order chi connectivity index (χ1) is 14.2. The molecule has 11 heteroatoms. The maximum atomic E-state index is 13.0. The van der Waals surface area contributed by atoms with Crippen molar-refractivity contribution in [3.8, 4) is 0 Å². The Balaban J connectivity index is 1.72. The van der Waals surface area contributed by atoms with Crippen LogP contribution in [0.25, 0.3) is 0 Å². The lowest BCUT2D eigenvalue weighted by molar-refractivity contribution is -0.165. The molecule has 1 aliphatic heterocycles. The Bertz CT molecular complexity index is 796. The van der Waals surface area contributed by atoms with Crippen LogP contribution in [0.1, 0.15) is 19.3 Å². The fraction of sp³-hybridized carbons (Fsp3) is 0.526. The summed E-state index contributed by atoms with van der Waals surface area (Å²) < 4.78 is 44.2. The van der Waals surface area contributed by atoms with E-state index < -0.39 is 36.6 Å². The number of benzene rings is 1. The van der Waals surface area contributed by atoms with E-state index in [-0.39, 0.29) is 18.2 Å². The summed E-state index contributed by atoms with van der Waals surface area (Å²) in [6.07, 6.45) is -2.91. The van der Waals surface area contributed by atoms with Gasteiger partial charge in [-0.05, 0) is 37.1 Å². The molecule has 8 nitrogen and oxygen atoms in total. The van der Waals surface area contributed by atoms with Crippen molar-refractivity contribution in [1.29, 1.82) is 0 Å². The smallest absolute Gasteiger partial charge is 0.370 e. The summed E-state index contributed by atoms with van der Waals surface area (Å²) in [7, 11) is 0. The van der Waals surface area contributed by atoms with Crippen LogP contribution in [0.4, 0.5) is 24.5 Å². The number of nitrogens with one attached hydrogen (secondary N) is 1. The van der Waals surface area contributed by atoms with Gasteiger partial charge < -0.3 is 20.7 Å². The number of ether oxygens (including phenoxy) is 1. The van der Waals surface area contributed by atoms with Crippen LogP contribution in [0, 0.1) is 0 Å². The number of hydrogen-bond donors (Lipinski definition) is 2. The van der Waals surface area contributed by atoms with Gasteiger partial charge >= 0.3 is 6.18 Å². The van der Waals surface area contributed by atoms with Gasteiger partial charge in [-0.25, -0.2) is 0 Å². The van der Waals surface area contributed by atoms with Crippen LogP contribution >= 0.6 is 0 Å². The highest BCUT2D eigenvalue weighted by Gasteiger charge is 2.44. The molecule has 0 bridgehead atoms. The number of rotatable bonds is 7. The van der Waals surface area contributed by atoms with E-state index >= 15 is 0 Å². The van der Waals surface area contributed by atoms with E-state index in [2.05, 4.69) is 5.32 Å². The van der Waals surface area contributed by atoms with Gasteiger partial charge in [-0.2, -0.15) is 13.2 Å². The molecule has 2 aliphatic rings. The van der Waals surface area contributed by atoms with Gasteiger partial charge in [0, 0.05) is 24.0 Å². The van der Waals surface area contributed by atoms with Gasteiger partial charge in [0.15, 0.2) is 6.04 Å². The maximum absolute atomic E-state index is 13.0. The molecule has 164 valence electrons. The summed E-state index contributed by atoms with van der Waals surface area (Å²) in [5, 5.41) is 2.46. The zero-order valence-corrected chi connectivity index (χ0v) is 16.2. The number of halogens is 3. The normalized spacial score (nSPS) is 18.8. The van der Waals surface area contributed by atoms with E-state index in [4.69, 9.17) is 10.5 Å². The molecular weight excluding hydrogens is 405 g/mol. The van der Waals surface area contributed by atoms with Crippen LogP contribution in [-0.2, 0) is 19.1 Å². The van der Waals surface area contributed by atoms with Crippen LogP contribution in [0.5, 0.6) is 0 Å². The minimum absolute atomic E-state index is 0.0189. The zero-order chi connectivity index (χ0) is 21.9. The number of carbonyl (C=O) groups is 3.